The number of aromatic carboxylic acids is 1. The third kappa shape index (κ3) is 4.25. The molecule has 1 aromatic carbocycles. The summed E-state index contributed by atoms with van der Waals surface area (Å²) in [6, 6.07) is 6.73. The van der Waals surface area contributed by atoms with Gasteiger partial charge in [-0.3, -0.25) is 4.98 Å². The lowest BCUT2D eigenvalue weighted by Crippen LogP contribution is -2.38. The van der Waals surface area contributed by atoms with Crippen LogP contribution in [0.5, 0.6) is 0 Å². The third-order valence-electron chi connectivity index (χ3n) is 4.66. The van der Waals surface area contributed by atoms with Crippen LogP contribution in [-0.2, 0) is 16.4 Å². The van der Waals surface area contributed by atoms with Gasteiger partial charge in [-0.1, -0.05) is 18.2 Å². The van der Waals surface area contributed by atoms with E-state index in [0.717, 1.165) is 18.5 Å². The van der Waals surface area contributed by atoms with Gasteiger partial charge >= 0.3 is 5.97 Å². The molecule has 2 aromatic rings. The molecule has 138 valence electrons. The summed E-state index contributed by atoms with van der Waals surface area (Å²) in [5, 5.41) is 9.35. The Morgan fingerprint density at radius 3 is 2.58 bits per heavy atom. The zero-order valence-corrected chi connectivity index (χ0v) is 15.3. The number of carboxylic acids is 1. The average Bonchev–Trinajstić information content (AvgIpc) is 2.61. The second-order valence-electron chi connectivity index (χ2n) is 6.56. The molecule has 26 heavy (non-hydrogen) atoms. The van der Waals surface area contributed by atoms with Crippen LogP contribution >= 0.6 is 0 Å². The van der Waals surface area contributed by atoms with Crippen molar-refractivity contribution in [3.63, 3.8) is 0 Å². The van der Waals surface area contributed by atoms with Gasteiger partial charge in [0.05, 0.1) is 29.4 Å². The number of carbonyl (C=O) groups is 1. The molecule has 0 aliphatic carbocycles. The monoisotopic (exact) mass is 375 g/mol. The molecule has 3 rings (SSSR count). The summed E-state index contributed by atoms with van der Waals surface area (Å²) in [6.45, 7) is 1.05. The second kappa shape index (κ2) is 7.51. The van der Waals surface area contributed by atoms with Crippen LogP contribution in [0.3, 0.4) is 0 Å². The predicted octanol–water partition coefficient (Wildman–Crippen LogP) is 2.06. The molecule has 1 aromatic heterocycles. The number of aromatic nitrogens is 2. The fourth-order valence-corrected chi connectivity index (χ4v) is 4.14. The van der Waals surface area contributed by atoms with Gasteiger partial charge in [-0.2, -0.15) is 0 Å². The van der Waals surface area contributed by atoms with Crippen molar-refractivity contribution < 1.29 is 18.3 Å². The molecule has 0 bridgehead atoms. The van der Waals surface area contributed by atoms with Gasteiger partial charge in [0.25, 0.3) is 0 Å². The first-order valence-corrected chi connectivity index (χ1v) is 10.3. The van der Waals surface area contributed by atoms with Crippen LogP contribution < -0.4 is 0 Å². The van der Waals surface area contributed by atoms with Crippen LogP contribution in [-0.4, -0.2) is 53.1 Å². The van der Waals surface area contributed by atoms with E-state index in [1.165, 1.54) is 10.6 Å². The molecular weight excluding hydrogens is 354 g/mol. The maximum absolute atomic E-state index is 11.6. The van der Waals surface area contributed by atoms with Crippen molar-refractivity contribution in [3.8, 4) is 11.3 Å². The van der Waals surface area contributed by atoms with Crippen LogP contribution in [0.1, 0.15) is 28.9 Å². The SMILES string of the molecule is CS(=O)(=O)N1CCC(Cc2cncc(-c3ccccc3C(=O)O)n2)CC1. The first kappa shape index (κ1) is 18.5. The van der Waals surface area contributed by atoms with Crippen LogP contribution in [0.15, 0.2) is 36.7 Å². The van der Waals surface area contributed by atoms with Gasteiger partial charge < -0.3 is 5.11 Å². The quantitative estimate of drug-likeness (QED) is 0.858. The van der Waals surface area contributed by atoms with E-state index in [1.807, 2.05) is 0 Å². The lowest BCUT2D eigenvalue weighted by Gasteiger charge is -2.30. The van der Waals surface area contributed by atoms with Crippen molar-refractivity contribution in [2.45, 2.75) is 19.3 Å². The Labute approximate surface area is 152 Å². The van der Waals surface area contributed by atoms with Gasteiger partial charge in [0, 0.05) is 24.8 Å². The molecule has 0 saturated carbocycles. The fraction of sp³-hybridized carbons (Fsp3) is 0.389. The molecule has 1 fully saturated rings. The molecule has 7 nitrogen and oxygen atoms in total. The van der Waals surface area contributed by atoms with E-state index in [0.29, 0.717) is 36.7 Å². The molecule has 0 amide bonds. The maximum atomic E-state index is 11.6. The lowest BCUT2D eigenvalue weighted by molar-refractivity contribution is 0.0697. The fourth-order valence-electron chi connectivity index (χ4n) is 3.27. The van der Waals surface area contributed by atoms with Crippen molar-refractivity contribution in [2.75, 3.05) is 19.3 Å². The summed E-state index contributed by atoms with van der Waals surface area (Å²) in [5.41, 5.74) is 2.07. The minimum absolute atomic E-state index is 0.195. The molecule has 0 spiro atoms. The summed E-state index contributed by atoms with van der Waals surface area (Å²) in [4.78, 5) is 20.2. The Balaban J connectivity index is 1.74. The number of sulfonamides is 1. The van der Waals surface area contributed by atoms with Gasteiger partial charge in [-0.25, -0.2) is 22.5 Å². The van der Waals surface area contributed by atoms with Gasteiger partial charge in [0.1, 0.15) is 0 Å². The first-order chi connectivity index (χ1) is 12.3. The summed E-state index contributed by atoms with van der Waals surface area (Å²) in [7, 11) is -3.13. The van der Waals surface area contributed by atoms with E-state index in [2.05, 4.69) is 9.97 Å². The summed E-state index contributed by atoms with van der Waals surface area (Å²) < 4.78 is 24.7. The van der Waals surface area contributed by atoms with E-state index in [4.69, 9.17) is 0 Å². The zero-order valence-electron chi connectivity index (χ0n) is 14.5. The predicted molar refractivity (Wildman–Crippen MR) is 97.3 cm³/mol. The van der Waals surface area contributed by atoms with Crippen molar-refractivity contribution in [3.05, 3.63) is 47.9 Å². The number of nitrogens with zero attached hydrogens (tertiary/aromatic N) is 3. The lowest BCUT2D eigenvalue weighted by atomic mass is 9.93. The standard InChI is InChI=1S/C18H21N3O4S/c1-26(24,25)21-8-6-13(7-9-21)10-14-11-19-12-17(20-14)15-4-2-3-5-16(15)18(22)23/h2-5,11-13H,6-10H2,1H3,(H,22,23). The molecule has 1 saturated heterocycles. The summed E-state index contributed by atoms with van der Waals surface area (Å²) in [6.07, 6.45) is 6.76. The molecule has 1 aliphatic heterocycles. The van der Waals surface area contributed by atoms with Crippen molar-refractivity contribution in [1.29, 1.82) is 0 Å². The van der Waals surface area contributed by atoms with Gasteiger partial charge in [0.2, 0.25) is 10.0 Å². The second-order valence-corrected chi connectivity index (χ2v) is 8.54. The maximum Gasteiger partial charge on any atom is 0.336 e. The van der Waals surface area contributed by atoms with Crippen LogP contribution in [0, 0.1) is 5.92 Å². The number of hydrogen-bond acceptors (Lipinski definition) is 5. The normalized spacial score (nSPS) is 16.5. The number of piperidine rings is 1. The number of benzene rings is 1. The van der Waals surface area contributed by atoms with Crippen molar-refractivity contribution >= 4 is 16.0 Å². The minimum atomic E-state index is -3.13. The highest BCUT2D eigenvalue weighted by Gasteiger charge is 2.25. The van der Waals surface area contributed by atoms with Crippen molar-refractivity contribution in [1.82, 2.24) is 14.3 Å². The summed E-state index contributed by atoms with van der Waals surface area (Å²) in [5.74, 6) is -0.659. The third-order valence-corrected chi connectivity index (χ3v) is 5.96. The molecule has 1 N–H and O–H groups in total. The molecule has 0 atom stereocenters. The summed E-state index contributed by atoms with van der Waals surface area (Å²) >= 11 is 0. The van der Waals surface area contributed by atoms with Crippen LogP contribution in [0.2, 0.25) is 0 Å². The minimum Gasteiger partial charge on any atom is -0.478 e. The van der Waals surface area contributed by atoms with Gasteiger partial charge in [0.15, 0.2) is 0 Å². The van der Waals surface area contributed by atoms with E-state index < -0.39 is 16.0 Å². The molecule has 1 aliphatic rings. The molecule has 0 radical (unpaired) electrons. The van der Waals surface area contributed by atoms with Gasteiger partial charge in [-0.15, -0.1) is 0 Å². The van der Waals surface area contributed by atoms with Crippen molar-refractivity contribution in [2.24, 2.45) is 5.92 Å². The Hall–Kier alpha value is -2.32. The Kier molecular flexibility index (Phi) is 5.33. The highest BCUT2D eigenvalue weighted by Crippen LogP contribution is 2.25. The number of rotatable bonds is 5. The number of hydrogen-bond donors (Lipinski definition) is 1. The van der Waals surface area contributed by atoms with Gasteiger partial charge in [-0.05, 0) is 31.2 Å². The van der Waals surface area contributed by atoms with E-state index in [9.17, 15) is 18.3 Å². The molecule has 2 heterocycles. The topological polar surface area (TPSA) is 100 Å². The molecule has 0 unspecified atom stereocenters. The number of carboxylic acid groups (broad SMARTS) is 1. The largest absolute Gasteiger partial charge is 0.478 e. The highest BCUT2D eigenvalue weighted by molar-refractivity contribution is 7.88. The molecular formula is C18H21N3O4S. The average molecular weight is 375 g/mol. The van der Waals surface area contributed by atoms with E-state index in [-0.39, 0.29) is 5.56 Å². The van der Waals surface area contributed by atoms with E-state index in [1.54, 1.807) is 36.7 Å². The highest BCUT2D eigenvalue weighted by atomic mass is 32.2. The van der Waals surface area contributed by atoms with E-state index >= 15 is 0 Å². The Morgan fingerprint density at radius 2 is 1.92 bits per heavy atom. The zero-order chi connectivity index (χ0) is 18.7. The smallest absolute Gasteiger partial charge is 0.336 e. The first-order valence-electron chi connectivity index (χ1n) is 8.43. The van der Waals surface area contributed by atoms with Crippen LogP contribution in [0.4, 0.5) is 0 Å². The molecule has 8 heteroatoms. The Morgan fingerprint density at radius 1 is 1.23 bits per heavy atom. The van der Waals surface area contributed by atoms with Crippen LogP contribution in [0.25, 0.3) is 11.3 Å². The Bertz CT molecular complexity index is 906.